The molecule has 1 fully saturated rings. The summed E-state index contributed by atoms with van der Waals surface area (Å²) in [5.74, 6) is 1.76. The first-order chi connectivity index (χ1) is 7.81. The standard InChI is InChI=1S/C14H25NO/c1-11-5-7-12(8-6-11)14(15-2)13-4-3-9-16-10-13/h10-12,14-15H,3-9H2,1-2H3. The molecule has 0 saturated heterocycles. The Balaban J connectivity index is 1.96. The van der Waals surface area contributed by atoms with E-state index in [0.717, 1.165) is 18.4 Å². The van der Waals surface area contributed by atoms with Crippen LogP contribution >= 0.6 is 0 Å². The van der Waals surface area contributed by atoms with Crippen molar-refractivity contribution in [3.05, 3.63) is 11.8 Å². The molecule has 0 aromatic carbocycles. The van der Waals surface area contributed by atoms with Gasteiger partial charge in [0.1, 0.15) is 0 Å². The molecule has 92 valence electrons. The smallest absolute Gasteiger partial charge is 0.0876 e. The Kier molecular flexibility index (Phi) is 4.28. The van der Waals surface area contributed by atoms with Gasteiger partial charge in [-0.1, -0.05) is 19.8 Å². The van der Waals surface area contributed by atoms with E-state index in [9.17, 15) is 0 Å². The summed E-state index contributed by atoms with van der Waals surface area (Å²) in [5.41, 5.74) is 1.49. The first-order valence-electron chi connectivity index (χ1n) is 6.79. The van der Waals surface area contributed by atoms with Gasteiger partial charge >= 0.3 is 0 Å². The number of ether oxygens (including phenoxy) is 1. The second kappa shape index (κ2) is 5.72. The molecule has 1 unspecified atom stereocenters. The highest BCUT2D eigenvalue weighted by Gasteiger charge is 2.28. The van der Waals surface area contributed by atoms with Crippen molar-refractivity contribution in [3.63, 3.8) is 0 Å². The van der Waals surface area contributed by atoms with Gasteiger partial charge in [0.2, 0.25) is 0 Å². The molecule has 1 aliphatic carbocycles. The molecule has 1 aliphatic heterocycles. The summed E-state index contributed by atoms with van der Waals surface area (Å²) in [7, 11) is 2.10. The summed E-state index contributed by atoms with van der Waals surface area (Å²) >= 11 is 0. The molecular weight excluding hydrogens is 198 g/mol. The van der Waals surface area contributed by atoms with Crippen LogP contribution in [-0.4, -0.2) is 19.7 Å². The second-order valence-electron chi connectivity index (χ2n) is 5.45. The van der Waals surface area contributed by atoms with Crippen LogP contribution in [0.2, 0.25) is 0 Å². The van der Waals surface area contributed by atoms with Crippen LogP contribution in [0.15, 0.2) is 11.8 Å². The van der Waals surface area contributed by atoms with Gasteiger partial charge in [-0.15, -0.1) is 0 Å². The Hall–Kier alpha value is -0.500. The number of rotatable bonds is 3. The first kappa shape index (κ1) is 12.0. The first-order valence-corrected chi connectivity index (χ1v) is 6.79. The van der Waals surface area contributed by atoms with Crippen LogP contribution in [-0.2, 0) is 4.74 Å². The van der Waals surface area contributed by atoms with Gasteiger partial charge in [0.15, 0.2) is 0 Å². The van der Waals surface area contributed by atoms with Gasteiger partial charge in [0, 0.05) is 6.04 Å². The fraction of sp³-hybridized carbons (Fsp3) is 0.857. The quantitative estimate of drug-likeness (QED) is 0.794. The lowest BCUT2D eigenvalue weighted by Crippen LogP contribution is -2.38. The molecular formula is C14H25NO. The summed E-state index contributed by atoms with van der Waals surface area (Å²) in [6, 6.07) is 0.563. The van der Waals surface area contributed by atoms with E-state index in [1.54, 1.807) is 0 Å². The third kappa shape index (κ3) is 2.79. The maximum Gasteiger partial charge on any atom is 0.0876 e. The van der Waals surface area contributed by atoms with Crippen molar-refractivity contribution >= 4 is 0 Å². The van der Waals surface area contributed by atoms with Crippen LogP contribution in [0.4, 0.5) is 0 Å². The molecule has 2 nitrogen and oxygen atoms in total. The van der Waals surface area contributed by atoms with Crippen LogP contribution in [0.5, 0.6) is 0 Å². The van der Waals surface area contributed by atoms with E-state index >= 15 is 0 Å². The van der Waals surface area contributed by atoms with Gasteiger partial charge < -0.3 is 10.1 Å². The third-order valence-electron chi connectivity index (χ3n) is 4.20. The molecule has 0 amide bonds. The Morgan fingerprint density at radius 3 is 2.62 bits per heavy atom. The minimum absolute atomic E-state index is 0.563. The maximum absolute atomic E-state index is 5.47. The molecule has 1 atom stereocenters. The lowest BCUT2D eigenvalue weighted by Gasteiger charge is -2.34. The van der Waals surface area contributed by atoms with Gasteiger partial charge in [0.25, 0.3) is 0 Å². The van der Waals surface area contributed by atoms with Crippen molar-refractivity contribution in [1.82, 2.24) is 5.32 Å². The van der Waals surface area contributed by atoms with Crippen LogP contribution in [0.25, 0.3) is 0 Å². The van der Waals surface area contributed by atoms with Gasteiger partial charge in [-0.3, -0.25) is 0 Å². The molecule has 2 heteroatoms. The highest BCUT2D eigenvalue weighted by atomic mass is 16.5. The molecule has 16 heavy (non-hydrogen) atoms. The Morgan fingerprint density at radius 2 is 2.06 bits per heavy atom. The minimum Gasteiger partial charge on any atom is -0.501 e. The zero-order valence-electron chi connectivity index (χ0n) is 10.7. The molecule has 0 spiro atoms. The van der Waals surface area contributed by atoms with Crippen LogP contribution in [0.1, 0.15) is 45.4 Å². The van der Waals surface area contributed by atoms with Crippen LogP contribution in [0.3, 0.4) is 0 Å². The predicted octanol–water partition coefficient (Wildman–Crippen LogP) is 3.10. The van der Waals surface area contributed by atoms with E-state index in [-0.39, 0.29) is 0 Å². The van der Waals surface area contributed by atoms with E-state index in [1.807, 2.05) is 6.26 Å². The van der Waals surface area contributed by atoms with E-state index in [2.05, 4.69) is 19.3 Å². The average molecular weight is 223 g/mol. The lowest BCUT2D eigenvalue weighted by atomic mass is 9.76. The maximum atomic E-state index is 5.47. The summed E-state index contributed by atoms with van der Waals surface area (Å²) in [5, 5.41) is 3.51. The van der Waals surface area contributed by atoms with Gasteiger partial charge in [0.05, 0.1) is 12.9 Å². The fourth-order valence-electron chi connectivity index (χ4n) is 3.16. The Labute approximate surface area is 99.4 Å². The second-order valence-corrected chi connectivity index (χ2v) is 5.45. The molecule has 0 aromatic heterocycles. The summed E-state index contributed by atoms with van der Waals surface area (Å²) in [6.45, 7) is 3.29. The summed E-state index contributed by atoms with van der Waals surface area (Å²) in [4.78, 5) is 0. The predicted molar refractivity (Wildman–Crippen MR) is 67.2 cm³/mol. The van der Waals surface area contributed by atoms with Crippen LogP contribution < -0.4 is 5.32 Å². The van der Waals surface area contributed by atoms with Gasteiger partial charge in [-0.2, -0.15) is 0 Å². The van der Waals surface area contributed by atoms with Crippen molar-refractivity contribution in [1.29, 1.82) is 0 Å². The van der Waals surface area contributed by atoms with Crippen molar-refractivity contribution in [3.8, 4) is 0 Å². The topological polar surface area (TPSA) is 21.3 Å². The number of likely N-dealkylation sites (N-methyl/N-ethyl adjacent to an activating group) is 1. The SMILES string of the molecule is CNC(C1=COCCC1)C1CCC(C)CC1. The highest BCUT2D eigenvalue weighted by molar-refractivity contribution is 5.12. The van der Waals surface area contributed by atoms with Crippen molar-refractivity contribution in [2.45, 2.75) is 51.5 Å². The van der Waals surface area contributed by atoms with Crippen molar-refractivity contribution in [2.75, 3.05) is 13.7 Å². The molecule has 2 rings (SSSR count). The number of nitrogens with one attached hydrogen (secondary N) is 1. The lowest BCUT2D eigenvalue weighted by molar-refractivity contribution is 0.202. The fourth-order valence-corrected chi connectivity index (χ4v) is 3.16. The van der Waals surface area contributed by atoms with Gasteiger partial charge in [-0.05, 0) is 50.1 Å². The normalized spacial score (nSPS) is 32.8. The van der Waals surface area contributed by atoms with E-state index in [1.165, 1.54) is 44.1 Å². The summed E-state index contributed by atoms with van der Waals surface area (Å²) in [6.07, 6.45) is 9.98. The van der Waals surface area contributed by atoms with Crippen molar-refractivity contribution < 1.29 is 4.74 Å². The van der Waals surface area contributed by atoms with Crippen LogP contribution in [0, 0.1) is 11.8 Å². The molecule has 0 aromatic rings. The summed E-state index contributed by atoms with van der Waals surface area (Å²) < 4.78 is 5.47. The molecule has 0 bridgehead atoms. The zero-order chi connectivity index (χ0) is 11.4. The van der Waals surface area contributed by atoms with E-state index in [4.69, 9.17) is 4.74 Å². The highest BCUT2D eigenvalue weighted by Crippen LogP contribution is 2.34. The average Bonchev–Trinajstić information content (AvgIpc) is 2.34. The minimum atomic E-state index is 0.563. The Morgan fingerprint density at radius 1 is 1.31 bits per heavy atom. The molecule has 1 heterocycles. The third-order valence-corrected chi connectivity index (χ3v) is 4.20. The molecule has 1 saturated carbocycles. The van der Waals surface area contributed by atoms with E-state index < -0.39 is 0 Å². The zero-order valence-corrected chi connectivity index (χ0v) is 10.7. The van der Waals surface area contributed by atoms with Crippen molar-refractivity contribution in [2.24, 2.45) is 11.8 Å². The molecule has 2 aliphatic rings. The number of hydrogen-bond acceptors (Lipinski definition) is 2. The number of hydrogen-bond donors (Lipinski definition) is 1. The molecule has 0 radical (unpaired) electrons. The largest absolute Gasteiger partial charge is 0.501 e. The van der Waals surface area contributed by atoms with E-state index in [0.29, 0.717) is 6.04 Å². The van der Waals surface area contributed by atoms with Gasteiger partial charge in [-0.25, -0.2) is 0 Å². The monoisotopic (exact) mass is 223 g/mol. The molecule has 1 N–H and O–H groups in total. The Bertz CT molecular complexity index is 241.